The zero-order valence-electron chi connectivity index (χ0n) is 13.9. The molecule has 1 aliphatic heterocycles. The van der Waals surface area contributed by atoms with E-state index >= 15 is 0 Å². The Morgan fingerprint density at radius 3 is 2.22 bits per heavy atom. The first kappa shape index (κ1) is 17.3. The third-order valence-corrected chi connectivity index (χ3v) is 4.90. The molecule has 0 radical (unpaired) electrons. The minimum atomic E-state index is 0.0702. The number of nitrogens with zero attached hydrogens (tertiary/aromatic N) is 3. The first-order chi connectivity index (χ1) is 11.0. The molecule has 2 rings (SSSR count). The van der Waals surface area contributed by atoms with Gasteiger partial charge in [-0.25, -0.2) is 4.99 Å². The van der Waals surface area contributed by atoms with E-state index in [1.54, 1.807) is 11.8 Å². The van der Waals surface area contributed by atoms with Gasteiger partial charge in [-0.3, -0.25) is 0 Å². The van der Waals surface area contributed by atoms with E-state index in [0.29, 0.717) is 5.70 Å². The van der Waals surface area contributed by atoms with E-state index in [-0.39, 0.29) is 11.0 Å². The lowest BCUT2D eigenvalue weighted by atomic mass is 9.86. The molecule has 1 aliphatic rings. The van der Waals surface area contributed by atoms with Gasteiger partial charge in [-0.05, 0) is 36.0 Å². The lowest BCUT2D eigenvalue weighted by molar-refractivity contribution is 0.590. The SMILES string of the molecule is CC(C)(C)c1ccc(C(/N=C2/CCCCS2)=C(C#N)C#N)cc1. The lowest BCUT2D eigenvalue weighted by Gasteiger charge is -2.19. The first-order valence-corrected chi connectivity index (χ1v) is 8.80. The average Bonchev–Trinajstić information content (AvgIpc) is 2.55. The third kappa shape index (κ3) is 4.47. The van der Waals surface area contributed by atoms with Gasteiger partial charge >= 0.3 is 0 Å². The summed E-state index contributed by atoms with van der Waals surface area (Å²) in [4.78, 5) is 4.65. The number of aliphatic imine (C=N–C) groups is 1. The molecular weight excluding hydrogens is 302 g/mol. The fraction of sp³-hybridized carbons (Fsp3) is 0.421. The van der Waals surface area contributed by atoms with Gasteiger partial charge < -0.3 is 0 Å². The molecule has 4 heteroatoms. The summed E-state index contributed by atoms with van der Waals surface area (Å²) in [5.74, 6) is 1.06. The maximum absolute atomic E-state index is 9.26. The molecule has 3 nitrogen and oxygen atoms in total. The molecule has 1 saturated heterocycles. The summed E-state index contributed by atoms with van der Waals surface area (Å²) in [6.07, 6.45) is 3.25. The lowest BCUT2D eigenvalue weighted by Crippen LogP contribution is -2.10. The molecule has 0 aliphatic carbocycles. The number of hydrogen-bond acceptors (Lipinski definition) is 4. The summed E-state index contributed by atoms with van der Waals surface area (Å²) < 4.78 is 0. The number of rotatable bonds is 2. The average molecular weight is 323 g/mol. The Morgan fingerprint density at radius 1 is 1.09 bits per heavy atom. The van der Waals surface area contributed by atoms with Crippen LogP contribution in [0.4, 0.5) is 0 Å². The number of nitriles is 2. The molecule has 1 fully saturated rings. The van der Waals surface area contributed by atoms with Gasteiger partial charge in [-0.2, -0.15) is 10.5 Å². The van der Waals surface area contributed by atoms with Crippen molar-refractivity contribution >= 4 is 22.5 Å². The van der Waals surface area contributed by atoms with Crippen molar-refractivity contribution < 1.29 is 0 Å². The van der Waals surface area contributed by atoms with Crippen LogP contribution in [0.25, 0.3) is 5.70 Å². The predicted molar refractivity (Wildman–Crippen MR) is 97.0 cm³/mol. The van der Waals surface area contributed by atoms with E-state index in [1.165, 1.54) is 12.0 Å². The second kappa shape index (κ2) is 7.49. The van der Waals surface area contributed by atoms with Gasteiger partial charge in [0.15, 0.2) is 5.57 Å². The molecule has 0 bridgehead atoms. The topological polar surface area (TPSA) is 59.9 Å². The molecule has 0 aromatic heterocycles. The van der Waals surface area contributed by atoms with Crippen molar-refractivity contribution in [2.75, 3.05) is 5.75 Å². The van der Waals surface area contributed by atoms with Gasteiger partial charge in [-0.15, -0.1) is 11.8 Å². The fourth-order valence-corrected chi connectivity index (χ4v) is 3.41. The van der Waals surface area contributed by atoms with Crippen LogP contribution in [0.15, 0.2) is 34.8 Å². The maximum atomic E-state index is 9.26. The zero-order chi connectivity index (χ0) is 16.9. The normalized spacial score (nSPS) is 16.5. The van der Waals surface area contributed by atoms with Gasteiger partial charge in [0.2, 0.25) is 0 Å². The molecule has 0 saturated carbocycles. The molecule has 1 heterocycles. The quantitative estimate of drug-likeness (QED) is 0.715. The van der Waals surface area contributed by atoms with Crippen LogP contribution in [0, 0.1) is 22.7 Å². The Hall–Kier alpha value is -2.04. The maximum Gasteiger partial charge on any atom is 0.155 e. The highest BCUT2D eigenvalue weighted by Gasteiger charge is 2.16. The van der Waals surface area contributed by atoms with Gasteiger partial charge in [0, 0.05) is 5.56 Å². The Bertz CT molecular complexity index is 683. The number of hydrogen-bond donors (Lipinski definition) is 0. The zero-order valence-corrected chi connectivity index (χ0v) is 14.7. The van der Waals surface area contributed by atoms with Crippen molar-refractivity contribution in [3.05, 3.63) is 41.0 Å². The smallest absolute Gasteiger partial charge is 0.155 e. The number of thioether (sulfide) groups is 1. The molecule has 0 amide bonds. The van der Waals surface area contributed by atoms with Crippen LogP contribution in [0.3, 0.4) is 0 Å². The molecule has 118 valence electrons. The van der Waals surface area contributed by atoms with E-state index in [4.69, 9.17) is 0 Å². The van der Waals surface area contributed by atoms with E-state index in [1.807, 2.05) is 24.3 Å². The summed E-state index contributed by atoms with van der Waals surface area (Å²) in [5, 5.41) is 19.6. The van der Waals surface area contributed by atoms with E-state index < -0.39 is 0 Å². The van der Waals surface area contributed by atoms with E-state index in [0.717, 1.165) is 29.2 Å². The third-order valence-electron chi connectivity index (χ3n) is 3.77. The highest BCUT2D eigenvalue weighted by molar-refractivity contribution is 8.14. The Labute approximate surface area is 142 Å². The number of allylic oxidation sites excluding steroid dienone is 1. The molecule has 0 atom stereocenters. The Balaban J connectivity index is 2.45. The Morgan fingerprint density at radius 2 is 1.74 bits per heavy atom. The molecule has 0 N–H and O–H groups in total. The van der Waals surface area contributed by atoms with Crippen LogP contribution in [0.5, 0.6) is 0 Å². The Kier molecular flexibility index (Phi) is 5.64. The highest BCUT2D eigenvalue weighted by Crippen LogP contribution is 2.29. The first-order valence-electron chi connectivity index (χ1n) is 7.81. The van der Waals surface area contributed by atoms with Crippen molar-refractivity contribution in [3.8, 4) is 12.1 Å². The number of benzene rings is 1. The largest absolute Gasteiger partial charge is 0.244 e. The highest BCUT2D eigenvalue weighted by atomic mass is 32.2. The standard InChI is InChI=1S/C19H21N3S/c1-19(2,3)16-9-7-14(8-10-16)18(15(12-20)13-21)22-17-6-4-5-11-23-17/h7-10H,4-6,11H2,1-3H3/b22-17-. The summed E-state index contributed by atoms with van der Waals surface area (Å²) in [6, 6.07) is 12.0. The monoisotopic (exact) mass is 323 g/mol. The minimum Gasteiger partial charge on any atom is -0.244 e. The van der Waals surface area contributed by atoms with E-state index in [2.05, 4.69) is 37.9 Å². The van der Waals surface area contributed by atoms with Crippen LogP contribution in [-0.2, 0) is 5.41 Å². The van der Waals surface area contributed by atoms with Crippen molar-refractivity contribution in [2.24, 2.45) is 4.99 Å². The predicted octanol–water partition coefficient (Wildman–Crippen LogP) is 5.06. The minimum absolute atomic E-state index is 0.0702. The second-order valence-electron chi connectivity index (χ2n) is 6.59. The summed E-state index contributed by atoms with van der Waals surface area (Å²) in [5.41, 5.74) is 2.69. The molecule has 1 aromatic carbocycles. The van der Waals surface area contributed by atoms with Crippen molar-refractivity contribution in [1.82, 2.24) is 0 Å². The molecule has 23 heavy (non-hydrogen) atoms. The van der Waals surface area contributed by atoms with Gasteiger partial charge in [0.1, 0.15) is 12.1 Å². The van der Waals surface area contributed by atoms with Crippen LogP contribution < -0.4 is 0 Å². The summed E-state index contributed by atoms with van der Waals surface area (Å²) in [7, 11) is 0. The van der Waals surface area contributed by atoms with Crippen molar-refractivity contribution in [3.63, 3.8) is 0 Å². The fourth-order valence-electron chi connectivity index (χ4n) is 2.38. The van der Waals surface area contributed by atoms with Crippen LogP contribution in [-0.4, -0.2) is 10.8 Å². The second-order valence-corrected chi connectivity index (χ2v) is 7.75. The molecule has 0 spiro atoms. The van der Waals surface area contributed by atoms with Crippen LogP contribution in [0.1, 0.15) is 51.2 Å². The molecule has 0 unspecified atom stereocenters. The van der Waals surface area contributed by atoms with Gasteiger partial charge in [0.05, 0.1) is 10.7 Å². The van der Waals surface area contributed by atoms with Gasteiger partial charge in [0.25, 0.3) is 0 Å². The molecular formula is C19H21N3S. The van der Waals surface area contributed by atoms with E-state index in [9.17, 15) is 10.5 Å². The van der Waals surface area contributed by atoms with Crippen LogP contribution in [0.2, 0.25) is 0 Å². The van der Waals surface area contributed by atoms with Gasteiger partial charge in [-0.1, -0.05) is 45.0 Å². The summed E-state index contributed by atoms with van der Waals surface area (Å²) in [6.45, 7) is 6.48. The van der Waals surface area contributed by atoms with Crippen molar-refractivity contribution in [2.45, 2.75) is 45.4 Å². The van der Waals surface area contributed by atoms with Crippen molar-refractivity contribution in [1.29, 1.82) is 10.5 Å². The summed E-state index contributed by atoms with van der Waals surface area (Å²) >= 11 is 1.73. The van der Waals surface area contributed by atoms with Crippen LogP contribution >= 0.6 is 11.8 Å². The molecule has 1 aromatic rings.